The molecule has 0 bridgehead atoms. The second kappa shape index (κ2) is 10.3. The van der Waals surface area contributed by atoms with Gasteiger partial charge in [-0.05, 0) is 41.8 Å². The van der Waals surface area contributed by atoms with Crippen molar-refractivity contribution >= 4 is 12.1 Å². The van der Waals surface area contributed by atoms with E-state index in [9.17, 15) is 4.79 Å². The monoisotopic (exact) mass is 340 g/mol. The Morgan fingerprint density at radius 2 is 1.88 bits per heavy atom. The Labute approximate surface area is 148 Å². The zero-order valence-corrected chi connectivity index (χ0v) is 14.6. The second-order valence-electron chi connectivity index (χ2n) is 5.53. The van der Waals surface area contributed by atoms with Crippen LogP contribution in [0, 0.1) is 0 Å². The Morgan fingerprint density at radius 3 is 2.52 bits per heavy atom. The van der Waals surface area contributed by atoms with Gasteiger partial charge in [-0.1, -0.05) is 43.7 Å². The number of amides is 1. The number of hydrazone groups is 1. The van der Waals surface area contributed by atoms with Gasteiger partial charge in [0.2, 0.25) is 0 Å². The Morgan fingerprint density at radius 1 is 1.16 bits per heavy atom. The Bertz CT molecular complexity index is 669. The number of rotatable bonds is 9. The number of nitrogens with zero attached hydrogens (tertiary/aromatic N) is 1. The molecule has 0 aliphatic rings. The summed E-state index contributed by atoms with van der Waals surface area (Å²) in [4.78, 5) is 12.2. The molecule has 0 saturated heterocycles. The number of hydrogen-bond acceptors (Lipinski definition) is 4. The van der Waals surface area contributed by atoms with Gasteiger partial charge in [0, 0.05) is 7.11 Å². The van der Waals surface area contributed by atoms with Crippen molar-refractivity contribution in [3.63, 3.8) is 0 Å². The predicted molar refractivity (Wildman–Crippen MR) is 98.8 cm³/mol. The van der Waals surface area contributed by atoms with Crippen LogP contribution in [0.3, 0.4) is 0 Å². The van der Waals surface area contributed by atoms with Crippen molar-refractivity contribution in [3.05, 3.63) is 65.7 Å². The number of benzene rings is 2. The maximum absolute atomic E-state index is 12.2. The average Bonchev–Trinajstić information content (AvgIpc) is 2.65. The first-order valence-electron chi connectivity index (χ1n) is 8.38. The van der Waals surface area contributed by atoms with Crippen LogP contribution in [0.4, 0.5) is 0 Å². The van der Waals surface area contributed by atoms with Gasteiger partial charge in [0.1, 0.15) is 5.75 Å². The van der Waals surface area contributed by atoms with Crippen LogP contribution >= 0.6 is 0 Å². The first-order chi connectivity index (χ1) is 12.2. The molecule has 2 rings (SSSR count). The molecule has 2 aromatic rings. The highest BCUT2D eigenvalue weighted by atomic mass is 16.5. The van der Waals surface area contributed by atoms with Crippen molar-refractivity contribution in [1.29, 1.82) is 0 Å². The van der Waals surface area contributed by atoms with Gasteiger partial charge in [-0.3, -0.25) is 4.79 Å². The van der Waals surface area contributed by atoms with Crippen LogP contribution in [0.25, 0.3) is 0 Å². The van der Waals surface area contributed by atoms with Gasteiger partial charge in [-0.15, -0.1) is 0 Å². The van der Waals surface area contributed by atoms with Crippen LogP contribution in [-0.4, -0.2) is 25.8 Å². The van der Waals surface area contributed by atoms with Crippen LogP contribution in [-0.2, 0) is 9.53 Å². The van der Waals surface area contributed by atoms with Gasteiger partial charge >= 0.3 is 0 Å². The van der Waals surface area contributed by atoms with Crippen molar-refractivity contribution in [3.8, 4) is 5.75 Å². The summed E-state index contributed by atoms with van der Waals surface area (Å²) in [6.07, 6.45) is 3.05. The Balaban J connectivity index is 1.88. The van der Waals surface area contributed by atoms with Crippen LogP contribution in [0.1, 0.15) is 37.0 Å². The van der Waals surface area contributed by atoms with Crippen LogP contribution in [0.2, 0.25) is 0 Å². The minimum Gasteiger partial charge on any atom is -0.494 e. The van der Waals surface area contributed by atoms with E-state index in [0.717, 1.165) is 36.3 Å². The molecule has 0 unspecified atom stereocenters. The van der Waals surface area contributed by atoms with Crippen LogP contribution in [0.5, 0.6) is 5.75 Å². The first-order valence-corrected chi connectivity index (χ1v) is 8.38. The zero-order chi connectivity index (χ0) is 17.9. The lowest BCUT2D eigenvalue weighted by molar-refractivity contribution is -0.131. The van der Waals surface area contributed by atoms with Crippen molar-refractivity contribution in [2.45, 2.75) is 25.9 Å². The van der Waals surface area contributed by atoms with E-state index in [1.807, 2.05) is 54.6 Å². The molecule has 0 fully saturated rings. The summed E-state index contributed by atoms with van der Waals surface area (Å²) < 4.78 is 10.9. The molecule has 25 heavy (non-hydrogen) atoms. The first kappa shape index (κ1) is 18.7. The molecule has 0 aromatic heterocycles. The van der Waals surface area contributed by atoms with E-state index in [1.165, 1.54) is 7.11 Å². The molecule has 0 heterocycles. The number of ether oxygens (including phenoxy) is 2. The van der Waals surface area contributed by atoms with Crippen LogP contribution in [0.15, 0.2) is 59.7 Å². The topological polar surface area (TPSA) is 59.9 Å². The van der Waals surface area contributed by atoms with E-state index in [2.05, 4.69) is 17.5 Å². The van der Waals surface area contributed by atoms with Gasteiger partial charge in [0.25, 0.3) is 5.91 Å². The SMILES string of the molecule is CCCCOc1ccc(C=NNC(=O)[C@@H](OC)c2ccccc2)cc1. The minimum atomic E-state index is -0.687. The number of methoxy groups -OCH3 is 1. The Kier molecular flexibility index (Phi) is 7.66. The van der Waals surface area contributed by atoms with Gasteiger partial charge < -0.3 is 9.47 Å². The largest absolute Gasteiger partial charge is 0.494 e. The highest BCUT2D eigenvalue weighted by molar-refractivity contribution is 5.85. The smallest absolute Gasteiger partial charge is 0.273 e. The molecular weight excluding hydrogens is 316 g/mol. The fraction of sp³-hybridized carbons (Fsp3) is 0.300. The molecule has 1 atom stereocenters. The standard InChI is InChI=1S/C20H24N2O3/c1-3-4-14-25-18-12-10-16(11-13-18)15-21-22-20(23)19(24-2)17-8-6-5-7-9-17/h5-13,15,19H,3-4,14H2,1-2H3,(H,22,23)/t19-/m0/s1. The van der Waals surface area contributed by atoms with Gasteiger partial charge in [-0.25, -0.2) is 5.43 Å². The molecule has 5 heteroatoms. The van der Waals surface area contributed by atoms with Crippen molar-refractivity contribution in [2.75, 3.05) is 13.7 Å². The molecule has 0 aliphatic carbocycles. The number of carbonyl (C=O) groups excluding carboxylic acids is 1. The maximum Gasteiger partial charge on any atom is 0.273 e. The van der Waals surface area contributed by atoms with E-state index in [4.69, 9.17) is 9.47 Å². The van der Waals surface area contributed by atoms with E-state index >= 15 is 0 Å². The van der Waals surface area contributed by atoms with E-state index in [0.29, 0.717) is 0 Å². The molecule has 0 radical (unpaired) electrons. The van der Waals surface area contributed by atoms with E-state index in [-0.39, 0.29) is 5.91 Å². The fourth-order valence-electron chi connectivity index (χ4n) is 2.24. The summed E-state index contributed by atoms with van der Waals surface area (Å²) in [7, 11) is 1.50. The zero-order valence-electron chi connectivity index (χ0n) is 14.6. The second-order valence-corrected chi connectivity index (χ2v) is 5.53. The number of unbranched alkanes of at least 4 members (excludes halogenated alkanes) is 1. The summed E-state index contributed by atoms with van der Waals surface area (Å²) in [6, 6.07) is 16.9. The van der Waals surface area contributed by atoms with Crippen molar-refractivity contribution in [2.24, 2.45) is 5.10 Å². The summed E-state index contributed by atoms with van der Waals surface area (Å²) in [6.45, 7) is 2.85. The third-order valence-corrected chi connectivity index (χ3v) is 3.61. The summed E-state index contributed by atoms with van der Waals surface area (Å²) in [5.41, 5.74) is 4.17. The summed E-state index contributed by atoms with van der Waals surface area (Å²) in [5.74, 6) is 0.516. The molecular formula is C20H24N2O3. The quantitative estimate of drug-likeness (QED) is 0.430. The summed E-state index contributed by atoms with van der Waals surface area (Å²) in [5, 5.41) is 4.00. The lowest BCUT2D eigenvalue weighted by atomic mass is 10.1. The summed E-state index contributed by atoms with van der Waals surface area (Å²) >= 11 is 0. The van der Waals surface area contributed by atoms with Gasteiger partial charge in [0.15, 0.2) is 6.10 Å². The highest BCUT2D eigenvalue weighted by Crippen LogP contribution is 2.16. The lowest BCUT2D eigenvalue weighted by Crippen LogP contribution is -2.26. The van der Waals surface area contributed by atoms with Crippen molar-refractivity contribution in [1.82, 2.24) is 5.43 Å². The molecule has 0 spiro atoms. The molecule has 1 amide bonds. The third-order valence-electron chi connectivity index (χ3n) is 3.61. The van der Waals surface area contributed by atoms with E-state index in [1.54, 1.807) is 6.21 Å². The predicted octanol–water partition coefficient (Wildman–Crippen LogP) is 3.70. The lowest BCUT2D eigenvalue weighted by Gasteiger charge is -2.13. The maximum atomic E-state index is 12.2. The highest BCUT2D eigenvalue weighted by Gasteiger charge is 2.18. The number of carbonyl (C=O) groups is 1. The van der Waals surface area contributed by atoms with Crippen molar-refractivity contribution < 1.29 is 14.3 Å². The molecule has 1 N–H and O–H groups in total. The molecule has 5 nitrogen and oxygen atoms in total. The molecule has 2 aromatic carbocycles. The number of hydrogen-bond donors (Lipinski definition) is 1. The normalized spacial score (nSPS) is 12.1. The van der Waals surface area contributed by atoms with Gasteiger partial charge in [-0.2, -0.15) is 5.10 Å². The third kappa shape index (κ3) is 6.04. The van der Waals surface area contributed by atoms with Crippen LogP contribution < -0.4 is 10.2 Å². The van der Waals surface area contributed by atoms with E-state index < -0.39 is 6.10 Å². The van der Waals surface area contributed by atoms with Gasteiger partial charge in [0.05, 0.1) is 12.8 Å². The number of nitrogens with one attached hydrogen (secondary N) is 1. The molecule has 0 aliphatic heterocycles. The molecule has 0 saturated carbocycles. The average molecular weight is 340 g/mol. The Hall–Kier alpha value is -2.66. The minimum absolute atomic E-state index is 0.315. The molecule has 132 valence electrons. The fourth-order valence-corrected chi connectivity index (χ4v) is 2.24.